The fourth-order valence-corrected chi connectivity index (χ4v) is 1.13. The zero-order valence-electron chi connectivity index (χ0n) is 7.26. The van der Waals surface area contributed by atoms with Crippen LogP contribution in [-0.2, 0) is 5.11 Å². The molecule has 1 rings (SSSR count). The molecule has 0 bridgehead atoms. The van der Waals surface area contributed by atoms with Crippen LogP contribution in [0.3, 0.4) is 0 Å². The lowest BCUT2D eigenvalue weighted by molar-refractivity contribution is -0.0576. The van der Waals surface area contributed by atoms with Crippen molar-refractivity contribution in [1.29, 1.82) is 0 Å². The van der Waals surface area contributed by atoms with Crippen molar-refractivity contribution in [3.63, 3.8) is 0 Å². The van der Waals surface area contributed by atoms with Gasteiger partial charge in [0.15, 0.2) is 6.29 Å². The highest BCUT2D eigenvalue weighted by Gasteiger charge is 2.10. The van der Waals surface area contributed by atoms with Gasteiger partial charge in [-0.05, 0) is 12.0 Å². The van der Waals surface area contributed by atoms with Crippen LogP contribution in [0, 0.1) is 0 Å². The Morgan fingerprint density at radius 2 is 1.69 bits per heavy atom. The van der Waals surface area contributed by atoms with Crippen molar-refractivity contribution in [2.75, 3.05) is 0 Å². The highest BCUT2D eigenvalue weighted by Crippen LogP contribution is 2.18. The molecule has 1 radical (unpaired) electrons. The van der Waals surface area contributed by atoms with E-state index in [-0.39, 0.29) is 12.8 Å². The Balaban J connectivity index is 2.44. The molecule has 3 heteroatoms. The molecular formula is C10H13O3. The molecule has 0 fully saturated rings. The summed E-state index contributed by atoms with van der Waals surface area (Å²) < 4.78 is 0. The summed E-state index contributed by atoms with van der Waals surface area (Å²) in [5, 5.41) is 28.5. The van der Waals surface area contributed by atoms with E-state index in [2.05, 4.69) is 0 Å². The van der Waals surface area contributed by atoms with Crippen LogP contribution in [-0.4, -0.2) is 16.5 Å². The molecule has 0 spiro atoms. The number of aliphatic hydroxyl groups excluding tert-OH is 1. The Kier molecular flexibility index (Phi) is 3.89. The van der Waals surface area contributed by atoms with Gasteiger partial charge in [0.25, 0.3) is 0 Å². The minimum Gasteiger partial charge on any atom is -0.368 e. The number of rotatable bonds is 4. The first-order valence-corrected chi connectivity index (χ1v) is 4.27. The van der Waals surface area contributed by atoms with E-state index in [4.69, 9.17) is 10.2 Å². The summed E-state index contributed by atoms with van der Waals surface area (Å²) in [5.41, 5.74) is 0.697. The zero-order valence-corrected chi connectivity index (χ0v) is 7.26. The standard InChI is InChI=1S/C10H13O3/c11-9(6-7-10(12)13)8-4-2-1-3-5-8/h1-5,9-10,12-13H,6-7H2. The third kappa shape index (κ3) is 3.55. The Hall–Kier alpha value is -0.900. The normalized spacial score (nSPS) is 13.2. The van der Waals surface area contributed by atoms with Crippen LogP contribution in [0.4, 0.5) is 0 Å². The van der Waals surface area contributed by atoms with E-state index < -0.39 is 12.4 Å². The molecule has 0 aromatic heterocycles. The van der Waals surface area contributed by atoms with Crippen molar-refractivity contribution in [1.82, 2.24) is 0 Å². The van der Waals surface area contributed by atoms with E-state index in [9.17, 15) is 5.11 Å². The third-order valence-electron chi connectivity index (χ3n) is 1.86. The van der Waals surface area contributed by atoms with E-state index in [1.807, 2.05) is 6.07 Å². The molecule has 1 unspecified atom stereocenters. The molecule has 2 N–H and O–H groups in total. The molecule has 0 heterocycles. The van der Waals surface area contributed by atoms with Gasteiger partial charge in [0.1, 0.15) is 6.10 Å². The summed E-state index contributed by atoms with van der Waals surface area (Å²) in [6.45, 7) is 0. The molecule has 0 aliphatic rings. The van der Waals surface area contributed by atoms with Crippen molar-refractivity contribution in [2.45, 2.75) is 25.2 Å². The molecule has 0 saturated heterocycles. The molecule has 71 valence electrons. The van der Waals surface area contributed by atoms with Gasteiger partial charge < -0.3 is 10.2 Å². The number of hydrogen-bond donors (Lipinski definition) is 2. The van der Waals surface area contributed by atoms with Crippen molar-refractivity contribution >= 4 is 0 Å². The highest BCUT2D eigenvalue weighted by atomic mass is 16.5. The predicted octanol–water partition coefficient (Wildman–Crippen LogP) is 1.25. The van der Waals surface area contributed by atoms with Gasteiger partial charge in [0, 0.05) is 6.42 Å². The van der Waals surface area contributed by atoms with Crippen LogP contribution < -0.4 is 0 Å². The maximum atomic E-state index is 11.4. The van der Waals surface area contributed by atoms with Crippen molar-refractivity contribution < 1.29 is 15.3 Å². The average molecular weight is 181 g/mol. The Morgan fingerprint density at radius 3 is 2.23 bits per heavy atom. The second-order valence-corrected chi connectivity index (χ2v) is 2.96. The van der Waals surface area contributed by atoms with Gasteiger partial charge in [0.05, 0.1) is 0 Å². The second-order valence-electron chi connectivity index (χ2n) is 2.96. The largest absolute Gasteiger partial charge is 0.368 e. The maximum Gasteiger partial charge on any atom is 0.151 e. The van der Waals surface area contributed by atoms with Gasteiger partial charge in [-0.2, -0.15) is 0 Å². The Morgan fingerprint density at radius 1 is 1.08 bits per heavy atom. The van der Waals surface area contributed by atoms with Crippen LogP contribution in [0.5, 0.6) is 0 Å². The number of hydrogen-bond acceptors (Lipinski definition) is 2. The van der Waals surface area contributed by atoms with E-state index in [0.717, 1.165) is 0 Å². The highest BCUT2D eigenvalue weighted by molar-refractivity contribution is 5.16. The second kappa shape index (κ2) is 4.97. The van der Waals surface area contributed by atoms with Crippen molar-refractivity contribution in [2.24, 2.45) is 0 Å². The van der Waals surface area contributed by atoms with E-state index in [1.165, 1.54) is 0 Å². The summed E-state index contributed by atoms with van der Waals surface area (Å²) in [7, 11) is 0. The van der Waals surface area contributed by atoms with Crippen LogP contribution in [0.25, 0.3) is 0 Å². The van der Waals surface area contributed by atoms with Gasteiger partial charge in [-0.1, -0.05) is 30.3 Å². The lowest BCUT2D eigenvalue weighted by Crippen LogP contribution is -2.06. The first-order chi connectivity index (χ1) is 6.20. The summed E-state index contributed by atoms with van der Waals surface area (Å²) in [5.74, 6) is 0. The molecule has 0 aliphatic heterocycles. The van der Waals surface area contributed by atoms with Gasteiger partial charge in [-0.25, -0.2) is 5.11 Å². The summed E-state index contributed by atoms with van der Waals surface area (Å²) >= 11 is 0. The van der Waals surface area contributed by atoms with Crippen LogP contribution in [0.2, 0.25) is 0 Å². The minimum atomic E-state index is -1.37. The molecule has 0 aliphatic carbocycles. The fraction of sp³-hybridized carbons (Fsp3) is 0.400. The Bertz CT molecular complexity index is 233. The average Bonchev–Trinajstić information content (AvgIpc) is 2.15. The first kappa shape index (κ1) is 10.2. The third-order valence-corrected chi connectivity index (χ3v) is 1.86. The summed E-state index contributed by atoms with van der Waals surface area (Å²) in [6, 6.07) is 8.95. The minimum absolute atomic E-state index is 0.128. The monoisotopic (exact) mass is 181 g/mol. The van der Waals surface area contributed by atoms with Gasteiger partial charge in [-0.15, -0.1) is 0 Å². The number of benzene rings is 1. The topological polar surface area (TPSA) is 60.4 Å². The molecule has 13 heavy (non-hydrogen) atoms. The van der Waals surface area contributed by atoms with Gasteiger partial charge in [0.2, 0.25) is 0 Å². The quantitative estimate of drug-likeness (QED) is 0.687. The Labute approximate surface area is 77.3 Å². The number of aliphatic hydroxyl groups is 2. The van der Waals surface area contributed by atoms with Crippen LogP contribution in [0.15, 0.2) is 30.3 Å². The predicted molar refractivity (Wildman–Crippen MR) is 47.3 cm³/mol. The lowest BCUT2D eigenvalue weighted by Gasteiger charge is -2.08. The molecule has 1 aromatic carbocycles. The van der Waals surface area contributed by atoms with Gasteiger partial charge in [-0.3, -0.25) is 0 Å². The molecular weight excluding hydrogens is 168 g/mol. The SMILES string of the molecule is [O]C(CCC(O)O)c1ccccc1. The maximum absolute atomic E-state index is 11.4. The smallest absolute Gasteiger partial charge is 0.151 e. The van der Waals surface area contributed by atoms with Gasteiger partial charge >= 0.3 is 0 Å². The molecule has 3 nitrogen and oxygen atoms in total. The molecule has 0 amide bonds. The fourth-order valence-electron chi connectivity index (χ4n) is 1.13. The molecule has 1 atom stereocenters. The molecule has 0 saturated carbocycles. The van der Waals surface area contributed by atoms with E-state index >= 15 is 0 Å². The molecule has 1 aromatic rings. The first-order valence-electron chi connectivity index (χ1n) is 4.27. The van der Waals surface area contributed by atoms with E-state index in [0.29, 0.717) is 5.56 Å². The van der Waals surface area contributed by atoms with Crippen LogP contribution >= 0.6 is 0 Å². The summed E-state index contributed by atoms with van der Waals surface area (Å²) in [4.78, 5) is 0. The van der Waals surface area contributed by atoms with Crippen LogP contribution in [0.1, 0.15) is 24.5 Å². The lowest BCUT2D eigenvalue weighted by atomic mass is 10.1. The zero-order chi connectivity index (χ0) is 9.68. The van der Waals surface area contributed by atoms with Crippen molar-refractivity contribution in [3.05, 3.63) is 35.9 Å². The van der Waals surface area contributed by atoms with E-state index in [1.54, 1.807) is 24.3 Å². The van der Waals surface area contributed by atoms with Crippen molar-refractivity contribution in [3.8, 4) is 0 Å². The summed E-state index contributed by atoms with van der Waals surface area (Å²) in [6.07, 6.45) is -1.85.